The van der Waals surface area contributed by atoms with Gasteiger partial charge in [0.1, 0.15) is 5.69 Å². The fourth-order valence-electron chi connectivity index (χ4n) is 3.29. The number of hydrogen-bond donors (Lipinski definition) is 1. The Labute approximate surface area is 148 Å². The molecule has 132 valence electrons. The highest BCUT2D eigenvalue weighted by Gasteiger charge is 2.27. The van der Waals surface area contributed by atoms with Crippen LogP contribution in [-0.2, 0) is 24.4 Å². The fourth-order valence-corrected chi connectivity index (χ4v) is 3.29. The molecule has 1 amide bonds. The molecule has 1 fully saturated rings. The van der Waals surface area contributed by atoms with Crippen LogP contribution in [0.5, 0.6) is 0 Å². The Balaban J connectivity index is 1.59. The van der Waals surface area contributed by atoms with Crippen molar-refractivity contribution < 1.29 is 14.6 Å². The highest BCUT2D eigenvalue weighted by molar-refractivity contribution is 5.92. The number of carbonyl (C=O) groups is 1. The van der Waals surface area contributed by atoms with Gasteiger partial charge in [-0.3, -0.25) is 4.79 Å². The van der Waals surface area contributed by atoms with Crippen LogP contribution in [0.3, 0.4) is 0 Å². The molecule has 1 aromatic heterocycles. The van der Waals surface area contributed by atoms with Gasteiger partial charge in [-0.25, -0.2) is 4.98 Å². The second kappa shape index (κ2) is 8.23. The van der Waals surface area contributed by atoms with Crippen molar-refractivity contribution in [3.63, 3.8) is 0 Å². The maximum atomic E-state index is 12.7. The summed E-state index contributed by atoms with van der Waals surface area (Å²) >= 11 is 0. The Morgan fingerprint density at radius 3 is 2.72 bits per heavy atom. The Bertz CT molecular complexity index is 715. The number of methoxy groups -OCH3 is 1. The standard InChI is InChI=1S/C20H24N2O3/c1-25-14-18-3-2-4-19(21-18)20(24)22-10-9-17(12-22)11-15-5-7-16(13-23)8-6-15/h2-8,17,23H,9-14H2,1H3. The van der Waals surface area contributed by atoms with E-state index in [4.69, 9.17) is 9.84 Å². The second-order valence-electron chi connectivity index (χ2n) is 6.53. The number of aliphatic hydroxyl groups excluding tert-OH is 1. The first-order valence-electron chi connectivity index (χ1n) is 8.62. The number of pyridine rings is 1. The van der Waals surface area contributed by atoms with E-state index in [-0.39, 0.29) is 12.5 Å². The van der Waals surface area contributed by atoms with Gasteiger partial charge in [0.25, 0.3) is 5.91 Å². The van der Waals surface area contributed by atoms with Crippen LogP contribution in [0.2, 0.25) is 0 Å². The Morgan fingerprint density at radius 1 is 1.24 bits per heavy atom. The van der Waals surface area contributed by atoms with E-state index in [2.05, 4.69) is 17.1 Å². The van der Waals surface area contributed by atoms with Crippen LogP contribution in [-0.4, -0.2) is 41.1 Å². The zero-order valence-corrected chi connectivity index (χ0v) is 14.5. The lowest BCUT2D eigenvalue weighted by atomic mass is 9.98. The third-order valence-corrected chi connectivity index (χ3v) is 4.62. The molecule has 2 aromatic rings. The summed E-state index contributed by atoms with van der Waals surface area (Å²) in [7, 11) is 1.62. The molecular weight excluding hydrogens is 316 g/mol. The molecule has 1 N–H and O–H groups in total. The highest BCUT2D eigenvalue weighted by Crippen LogP contribution is 2.22. The van der Waals surface area contributed by atoms with Gasteiger partial charge in [-0.1, -0.05) is 30.3 Å². The maximum Gasteiger partial charge on any atom is 0.272 e. The van der Waals surface area contributed by atoms with Gasteiger partial charge in [0.2, 0.25) is 0 Å². The SMILES string of the molecule is COCc1cccc(C(=O)N2CCC(Cc3ccc(CO)cc3)C2)n1. The van der Waals surface area contributed by atoms with Crippen LogP contribution in [0.25, 0.3) is 0 Å². The maximum absolute atomic E-state index is 12.7. The van der Waals surface area contributed by atoms with Crippen molar-refractivity contribution in [1.82, 2.24) is 9.88 Å². The number of likely N-dealkylation sites (tertiary alicyclic amines) is 1. The minimum absolute atomic E-state index is 0.00363. The van der Waals surface area contributed by atoms with Crippen molar-refractivity contribution in [3.8, 4) is 0 Å². The van der Waals surface area contributed by atoms with E-state index >= 15 is 0 Å². The first-order chi connectivity index (χ1) is 12.2. The monoisotopic (exact) mass is 340 g/mol. The number of ether oxygens (including phenoxy) is 1. The number of aromatic nitrogens is 1. The van der Waals surface area contributed by atoms with E-state index in [9.17, 15) is 4.79 Å². The van der Waals surface area contributed by atoms with Crippen molar-refractivity contribution >= 4 is 5.91 Å². The van der Waals surface area contributed by atoms with Crippen molar-refractivity contribution in [1.29, 1.82) is 0 Å². The summed E-state index contributed by atoms with van der Waals surface area (Å²) in [5.41, 5.74) is 3.43. The van der Waals surface area contributed by atoms with Gasteiger partial charge in [-0.05, 0) is 42.0 Å². The van der Waals surface area contributed by atoms with E-state index in [0.717, 1.165) is 37.2 Å². The number of hydrogen-bond acceptors (Lipinski definition) is 4. The lowest BCUT2D eigenvalue weighted by molar-refractivity contribution is 0.0780. The van der Waals surface area contributed by atoms with Gasteiger partial charge >= 0.3 is 0 Å². The third-order valence-electron chi connectivity index (χ3n) is 4.62. The molecule has 25 heavy (non-hydrogen) atoms. The highest BCUT2D eigenvalue weighted by atomic mass is 16.5. The molecule has 5 nitrogen and oxygen atoms in total. The first-order valence-corrected chi connectivity index (χ1v) is 8.62. The quantitative estimate of drug-likeness (QED) is 0.877. The molecule has 0 radical (unpaired) electrons. The predicted molar refractivity (Wildman–Crippen MR) is 95.0 cm³/mol. The summed E-state index contributed by atoms with van der Waals surface area (Å²) in [6.07, 6.45) is 1.96. The molecule has 1 aliphatic heterocycles. The van der Waals surface area contributed by atoms with E-state index < -0.39 is 0 Å². The molecule has 0 bridgehead atoms. The van der Waals surface area contributed by atoms with E-state index in [1.165, 1.54) is 5.56 Å². The van der Waals surface area contributed by atoms with Crippen LogP contribution >= 0.6 is 0 Å². The number of benzene rings is 1. The van der Waals surface area contributed by atoms with E-state index in [0.29, 0.717) is 18.2 Å². The number of nitrogens with zero attached hydrogens (tertiary/aromatic N) is 2. The van der Waals surface area contributed by atoms with Crippen molar-refractivity contribution in [3.05, 3.63) is 65.0 Å². The molecule has 2 heterocycles. The Kier molecular flexibility index (Phi) is 5.79. The minimum atomic E-state index is -0.00363. The zero-order chi connectivity index (χ0) is 17.6. The summed E-state index contributed by atoms with van der Waals surface area (Å²) in [6.45, 7) is 2.01. The summed E-state index contributed by atoms with van der Waals surface area (Å²) in [6, 6.07) is 13.5. The summed E-state index contributed by atoms with van der Waals surface area (Å²) in [5, 5.41) is 9.11. The average molecular weight is 340 g/mol. The molecule has 1 unspecified atom stereocenters. The van der Waals surface area contributed by atoms with Crippen LogP contribution in [0, 0.1) is 5.92 Å². The predicted octanol–water partition coefficient (Wildman–Crippen LogP) is 2.43. The normalized spacial score (nSPS) is 17.0. The van der Waals surface area contributed by atoms with E-state index in [1.54, 1.807) is 13.2 Å². The van der Waals surface area contributed by atoms with Crippen molar-refractivity contribution in [2.75, 3.05) is 20.2 Å². The molecule has 0 spiro atoms. The van der Waals surface area contributed by atoms with Gasteiger partial charge in [0.05, 0.1) is 18.9 Å². The van der Waals surface area contributed by atoms with E-state index in [1.807, 2.05) is 29.2 Å². The lowest BCUT2D eigenvalue weighted by Gasteiger charge is -2.16. The number of aliphatic hydroxyl groups is 1. The van der Waals surface area contributed by atoms with Crippen LogP contribution in [0.4, 0.5) is 0 Å². The van der Waals surface area contributed by atoms with Crippen LogP contribution in [0.1, 0.15) is 33.7 Å². The molecule has 5 heteroatoms. The smallest absolute Gasteiger partial charge is 0.272 e. The van der Waals surface area contributed by atoms with Crippen molar-refractivity contribution in [2.24, 2.45) is 5.92 Å². The largest absolute Gasteiger partial charge is 0.392 e. The molecular formula is C20H24N2O3. The average Bonchev–Trinajstić information content (AvgIpc) is 3.11. The molecule has 1 atom stereocenters. The Hall–Kier alpha value is -2.24. The van der Waals surface area contributed by atoms with Gasteiger partial charge in [-0.15, -0.1) is 0 Å². The van der Waals surface area contributed by atoms with Crippen molar-refractivity contribution in [2.45, 2.75) is 26.1 Å². The van der Waals surface area contributed by atoms with Crippen LogP contribution < -0.4 is 0 Å². The minimum Gasteiger partial charge on any atom is -0.392 e. The third kappa shape index (κ3) is 4.44. The van der Waals surface area contributed by atoms with Gasteiger partial charge in [0.15, 0.2) is 0 Å². The number of amides is 1. The van der Waals surface area contributed by atoms with Gasteiger partial charge < -0.3 is 14.7 Å². The molecule has 0 aliphatic carbocycles. The molecule has 0 saturated carbocycles. The molecule has 3 rings (SSSR count). The molecule has 1 aliphatic rings. The van der Waals surface area contributed by atoms with Gasteiger partial charge in [-0.2, -0.15) is 0 Å². The summed E-state index contributed by atoms with van der Waals surface area (Å²) in [4.78, 5) is 19.0. The lowest BCUT2D eigenvalue weighted by Crippen LogP contribution is -2.29. The zero-order valence-electron chi connectivity index (χ0n) is 14.5. The number of carbonyl (C=O) groups excluding carboxylic acids is 1. The topological polar surface area (TPSA) is 62.7 Å². The first kappa shape index (κ1) is 17.6. The molecule has 1 aromatic carbocycles. The molecule has 1 saturated heterocycles. The fraction of sp³-hybridized carbons (Fsp3) is 0.400. The van der Waals surface area contributed by atoms with Gasteiger partial charge in [0, 0.05) is 20.2 Å². The summed E-state index contributed by atoms with van der Waals surface area (Å²) in [5.74, 6) is 0.460. The number of rotatable bonds is 6. The van der Waals surface area contributed by atoms with Crippen LogP contribution in [0.15, 0.2) is 42.5 Å². The summed E-state index contributed by atoms with van der Waals surface area (Å²) < 4.78 is 5.08. The Morgan fingerprint density at radius 2 is 2.00 bits per heavy atom. The second-order valence-corrected chi connectivity index (χ2v) is 6.53.